The van der Waals surface area contributed by atoms with Gasteiger partial charge < -0.3 is 4.90 Å². The van der Waals surface area contributed by atoms with E-state index < -0.39 is 13.5 Å². The van der Waals surface area contributed by atoms with E-state index in [1.54, 1.807) is 5.56 Å². The Morgan fingerprint density at radius 2 is 0.716 bits per heavy atom. The lowest BCUT2D eigenvalue weighted by atomic mass is 9.42. The van der Waals surface area contributed by atoms with Gasteiger partial charge in [-0.1, -0.05) is 237 Å². The summed E-state index contributed by atoms with van der Waals surface area (Å²) in [7, 11) is -2.63. The molecule has 0 aliphatic heterocycles. The predicted octanol–water partition coefficient (Wildman–Crippen LogP) is 14.8. The van der Waals surface area contributed by atoms with E-state index in [0.717, 1.165) is 29.6 Å². The Labute approximate surface area is 438 Å². The van der Waals surface area contributed by atoms with E-state index in [1.165, 1.54) is 97.5 Å². The summed E-state index contributed by atoms with van der Waals surface area (Å²) >= 11 is 0. The molecule has 0 N–H and O–H groups in total. The fourth-order valence-corrected chi connectivity index (χ4v) is 20.5. The molecular formula is C72H61NSi. The number of benzene rings is 10. The SMILES string of the molecule is c1ccc(N(c2ccc(-c3ccc([Si](c4ccccc4)(c4ccccc4)c4ccccc4)cc3)cc2)c2ccc3c(c2)CC2(c4ccccc4C3(c3ccccc3)c3ccccc3)C3CC4CC(C3)CC2C4)cc1. The van der Waals surface area contributed by atoms with Crippen LogP contribution in [0, 0.1) is 23.7 Å². The van der Waals surface area contributed by atoms with Crippen LogP contribution < -0.4 is 25.6 Å². The van der Waals surface area contributed by atoms with Crippen LogP contribution >= 0.6 is 0 Å². The Balaban J connectivity index is 0.905. The molecule has 15 rings (SSSR count). The molecule has 0 radical (unpaired) electrons. The topological polar surface area (TPSA) is 3.24 Å². The van der Waals surface area contributed by atoms with E-state index >= 15 is 0 Å². The average Bonchev–Trinajstić information content (AvgIpc) is 3.58. The van der Waals surface area contributed by atoms with E-state index in [4.69, 9.17) is 0 Å². The molecule has 4 saturated carbocycles. The third kappa shape index (κ3) is 7.02. The summed E-state index contributed by atoms with van der Waals surface area (Å²) in [5, 5.41) is 5.53. The van der Waals surface area contributed by atoms with E-state index in [-0.39, 0.29) is 5.41 Å². The van der Waals surface area contributed by atoms with Gasteiger partial charge in [0, 0.05) is 22.5 Å². The predicted molar refractivity (Wildman–Crippen MR) is 311 cm³/mol. The van der Waals surface area contributed by atoms with Gasteiger partial charge in [0.15, 0.2) is 8.07 Å². The molecule has 0 aromatic heterocycles. The lowest BCUT2D eigenvalue weighted by molar-refractivity contribution is -0.0611. The molecule has 0 unspecified atom stereocenters. The van der Waals surface area contributed by atoms with Crippen LogP contribution in [0.1, 0.15) is 65.5 Å². The highest BCUT2D eigenvalue weighted by molar-refractivity contribution is 7.19. The van der Waals surface area contributed by atoms with E-state index in [9.17, 15) is 0 Å². The summed E-state index contributed by atoms with van der Waals surface area (Å²) in [6.45, 7) is 0. The van der Waals surface area contributed by atoms with Crippen molar-refractivity contribution in [2.45, 2.75) is 49.4 Å². The summed E-state index contributed by atoms with van der Waals surface area (Å²) in [6.07, 6.45) is 7.95. The molecule has 2 heteroatoms. The van der Waals surface area contributed by atoms with Crippen LogP contribution in [0.15, 0.2) is 273 Å². The molecule has 10 aromatic carbocycles. The van der Waals surface area contributed by atoms with Crippen molar-refractivity contribution in [3.05, 3.63) is 306 Å². The highest BCUT2D eigenvalue weighted by Gasteiger charge is 2.61. The van der Waals surface area contributed by atoms with Crippen LogP contribution in [0.3, 0.4) is 0 Å². The highest BCUT2D eigenvalue weighted by atomic mass is 28.3. The minimum atomic E-state index is -2.63. The van der Waals surface area contributed by atoms with Crippen molar-refractivity contribution in [1.29, 1.82) is 0 Å². The second kappa shape index (κ2) is 18.3. The van der Waals surface area contributed by atoms with Crippen LogP contribution in [0.5, 0.6) is 0 Å². The molecular weight excluding hydrogens is 907 g/mol. The largest absolute Gasteiger partial charge is 0.310 e. The third-order valence-corrected chi connectivity index (χ3v) is 23.3. The molecule has 358 valence electrons. The number of fused-ring (bicyclic) bond motifs is 2. The van der Waals surface area contributed by atoms with Crippen molar-refractivity contribution in [3.8, 4) is 11.1 Å². The molecule has 1 nitrogen and oxygen atoms in total. The normalized spacial score (nSPS) is 21.1. The van der Waals surface area contributed by atoms with Crippen LogP contribution in [0.4, 0.5) is 17.1 Å². The molecule has 0 amide bonds. The molecule has 0 saturated heterocycles. The maximum atomic E-state index is 2.62. The summed E-state index contributed by atoms with van der Waals surface area (Å²) in [5.41, 5.74) is 14.2. The van der Waals surface area contributed by atoms with Crippen molar-refractivity contribution in [2.75, 3.05) is 4.90 Å². The standard InChI is InChI=1S/C72H61NSi/c1-7-21-57(22-8-1)72(58-23-9-2-10-24-58)68-44-41-63(50-56(68)51-71(69-33-19-20-34-70(69)72)59-46-52-45-53(48-59)49-60(71)47-52)73(61-25-11-3-12-26-61)62-39-35-54(36-40-62)55-37-42-67(43-38-55)74(64-27-13-4-14-28-64,65-29-15-5-16-30-65)66-31-17-6-18-32-66/h1-44,50,52-53,59-60H,45-49,51H2. The van der Waals surface area contributed by atoms with Gasteiger partial charge in [-0.2, -0.15) is 0 Å². The van der Waals surface area contributed by atoms with E-state index in [1.807, 2.05) is 0 Å². The summed E-state index contributed by atoms with van der Waals surface area (Å²) < 4.78 is 0. The van der Waals surface area contributed by atoms with E-state index in [2.05, 4.69) is 278 Å². The highest BCUT2D eigenvalue weighted by Crippen LogP contribution is 2.67. The van der Waals surface area contributed by atoms with Crippen LogP contribution in [0.2, 0.25) is 0 Å². The van der Waals surface area contributed by atoms with Gasteiger partial charge in [-0.3, -0.25) is 0 Å². The molecule has 74 heavy (non-hydrogen) atoms. The Bertz CT molecular complexity index is 3390. The van der Waals surface area contributed by atoms with Gasteiger partial charge in [0.2, 0.25) is 0 Å². The first kappa shape index (κ1) is 44.9. The third-order valence-electron chi connectivity index (χ3n) is 18.5. The number of anilines is 3. The molecule has 5 aliphatic rings. The van der Waals surface area contributed by atoms with Gasteiger partial charge in [0.1, 0.15) is 0 Å². The molecule has 0 heterocycles. The average molecular weight is 968 g/mol. The number of hydrogen-bond acceptors (Lipinski definition) is 1. The second-order valence-electron chi connectivity index (χ2n) is 22.0. The monoisotopic (exact) mass is 967 g/mol. The van der Waals surface area contributed by atoms with Gasteiger partial charge in [-0.25, -0.2) is 0 Å². The van der Waals surface area contributed by atoms with Crippen molar-refractivity contribution in [2.24, 2.45) is 23.7 Å². The van der Waals surface area contributed by atoms with Crippen molar-refractivity contribution in [3.63, 3.8) is 0 Å². The molecule has 5 aliphatic carbocycles. The Hall–Kier alpha value is -7.78. The maximum absolute atomic E-state index is 2.63. The summed E-state index contributed by atoms with van der Waals surface area (Å²) in [5.74, 6) is 3.11. The number of rotatable bonds is 10. The van der Waals surface area contributed by atoms with Crippen LogP contribution in [0.25, 0.3) is 11.1 Å². The molecule has 4 fully saturated rings. The van der Waals surface area contributed by atoms with Gasteiger partial charge in [-0.15, -0.1) is 0 Å². The first-order chi connectivity index (χ1) is 36.6. The van der Waals surface area contributed by atoms with Crippen LogP contribution in [-0.4, -0.2) is 8.07 Å². The van der Waals surface area contributed by atoms with Crippen molar-refractivity contribution < 1.29 is 0 Å². The van der Waals surface area contributed by atoms with Crippen molar-refractivity contribution in [1.82, 2.24) is 0 Å². The molecule has 0 atom stereocenters. The zero-order valence-corrected chi connectivity index (χ0v) is 43.0. The molecule has 4 bridgehead atoms. The number of hydrogen-bond donors (Lipinski definition) is 0. The zero-order chi connectivity index (χ0) is 49.1. The van der Waals surface area contributed by atoms with Gasteiger partial charge in [0.05, 0.1) is 5.41 Å². The fraction of sp³-hybridized carbons (Fsp3) is 0.167. The lowest BCUT2D eigenvalue weighted by Crippen LogP contribution is -2.74. The number of nitrogens with zero attached hydrogens (tertiary/aromatic N) is 1. The van der Waals surface area contributed by atoms with Gasteiger partial charge >= 0.3 is 0 Å². The van der Waals surface area contributed by atoms with Crippen molar-refractivity contribution >= 4 is 45.9 Å². The van der Waals surface area contributed by atoms with Crippen LogP contribution in [-0.2, 0) is 17.3 Å². The minimum Gasteiger partial charge on any atom is -0.310 e. The Morgan fingerprint density at radius 3 is 1.22 bits per heavy atom. The first-order valence-corrected chi connectivity index (χ1v) is 29.2. The molecule has 1 spiro atoms. The lowest BCUT2D eigenvalue weighted by Gasteiger charge is -2.62. The smallest absolute Gasteiger partial charge is 0.179 e. The van der Waals surface area contributed by atoms with Gasteiger partial charge in [0.25, 0.3) is 0 Å². The second-order valence-corrected chi connectivity index (χ2v) is 25.8. The number of para-hydroxylation sites is 1. The van der Waals surface area contributed by atoms with E-state index in [0.29, 0.717) is 11.8 Å². The Morgan fingerprint density at radius 1 is 0.324 bits per heavy atom. The maximum Gasteiger partial charge on any atom is 0.179 e. The quantitative estimate of drug-likeness (QED) is 0.0975. The summed E-state index contributed by atoms with van der Waals surface area (Å²) in [4.78, 5) is 2.50. The fourth-order valence-electron chi connectivity index (χ4n) is 15.7. The zero-order valence-electron chi connectivity index (χ0n) is 42.0. The first-order valence-electron chi connectivity index (χ1n) is 27.2. The molecule has 10 aromatic rings. The van der Waals surface area contributed by atoms with Gasteiger partial charge in [-0.05, 0) is 164 Å². The summed E-state index contributed by atoms with van der Waals surface area (Å²) in [6, 6.07) is 104. The Kier molecular flexibility index (Phi) is 11.1. The minimum absolute atomic E-state index is 0.0723.